The lowest BCUT2D eigenvalue weighted by molar-refractivity contribution is 0.318. The van der Waals surface area contributed by atoms with E-state index in [-0.39, 0.29) is 5.84 Å². The van der Waals surface area contributed by atoms with Gasteiger partial charge in [-0.2, -0.15) is 0 Å². The molecule has 104 valence electrons. The highest BCUT2D eigenvalue weighted by atomic mass is 32.2. The number of amidine groups is 1. The summed E-state index contributed by atoms with van der Waals surface area (Å²) in [6, 6.07) is 13.4. The van der Waals surface area contributed by atoms with Crippen molar-refractivity contribution in [3.63, 3.8) is 0 Å². The lowest BCUT2D eigenvalue weighted by Crippen LogP contribution is -2.13. The van der Waals surface area contributed by atoms with Crippen molar-refractivity contribution in [1.82, 2.24) is 9.97 Å². The number of oxime groups is 1. The van der Waals surface area contributed by atoms with Crippen molar-refractivity contribution in [2.45, 2.75) is 10.1 Å². The Morgan fingerprint density at radius 3 is 2.43 bits per heavy atom. The summed E-state index contributed by atoms with van der Waals surface area (Å²) in [6.45, 7) is 0. The van der Waals surface area contributed by atoms with E-state index in [0.717, 1.165) is 15.7 Å². The van der Waals surface area contributed by atoms with Crippen LogP contribution < -0.4 is 5.73 Å². The summed E-state index contributed by atoms with van der Waals surface area (Å²) in [5.74, 6) is 0.0960. The number of nitrogens with two attached hydrogens (primary N) is 1. The fraction of sp³-hybridized carbons (Fsp3) is 0. The van der Waals surface area contributed by atoms with E-state index in [1.807, 2.05) is 36.4 Å². The molecule has 0 radical (unpaired) electrons. The molecule has 0 aliphatic rings. The van der Waals surface area contributed by atoms with Crippen molar-refractivity contribution in [1.29, 1.82) is 0 Å². The maximum Gasteiger partial charge on any atom is 0.192 e. The van der Waals surface area contributed by atoms with Gasteiger partial charge in [0.1, 0.15) is 0 Å². The standard InChI is InChI=1S/C15H12N4OS/c16-14(19-20)12-6-7-13(11-5-2-1-4-10(11)12)21-15-17-8-3-9-18-15/h1-9,20H,(H2,16,19). The average Bonchev–Trinajstić information content (AvgIpc) is 2.55. The Hall–Kier alpha value is -2.60. The van der Waals surface area contributed by atoms with E-state index in [1.54, 1.807) is 18.5 Å². The van der Waals surface area contributed by atoms with Gasteiger partial charge in [0, 0.05) is 22.9 Å². The van der Waals surface area contributed by atoms with E-state index in [2.05, 4.69) is 15.1 Å². The van der Waals surface area contributed by atoms with Crippen LogP contribution in [0.15, 0.2) is 70.1 Å². The van der Waals surface area contributed by atoms with Gasteiger partial charge in [-0.25, -0.2) is 9.97 Å². The van der Waals surface area contributed by atoms with E-state index >= 15 is 0 Å². The van der Waals surface area contributed by atoms with Gasteiger partial charge in [0.2, 0.25) is 0 Å². The Morgan fingerprint density at radius 1 is 1.00 bits per heavy atom. The molecular weight excluding hydrogens is 284 g/mol. The Morgan fingerprint density at radius 2 is 1.71 bits per heavy atom. The minimum atomic E-state index is 0.0960. The number of hydrogen-bond acceptors (Lipinski definition) is 5. The van der Waals surface area contributed by atoms with Gasteiger partial charge in [-0.3, -0.25) is 0 Å². The van der Waals surface area contributed by atoms with Gasteiger partial charge >= 0.3 is 0 Å². The monoisotopic (exact) mass is 296 g/mol. The third-order valence-electron chi connectivity index (χ3n) is 3.01. The van der Waals surface area contributed by atoms with Crippen LogP contribution in [0.3, 0.4) is 0 Å². The summed E-state index contributed by atoms with van der Waals surface area (Å²) in [7, 11) is 0. The van der Waals surface area contributed by atoms with Crippen molar-refractivity contribution < 1.29 is 5.21 Å². The van der Waals surface area contributed by atoms with Crippen LogP contribution in [0.1, 0.15) is 5.56 Å². The second kappa shape index (κ2) is 5.80. The highest BCUT2D eigenvalue weighted by Crippen LogP contribution is 2.33. The molecule has 0 aliphatic heterocycles. The molecule has 0 saturated heterocycles. The first-order valence-corrected chi connectivity index (χ1v) is 7.06. The minimum Gasteiger partial charge on any atom is -0.409 e. The number of fused-ring (bicyclic) bond motifs is 1. The molecule has 3 rings (SSSR count). The molecule has 5 nitrogen and oxygen atoms in total. The van der Waals surface area contributed by atoms with Crippen LogP contribution in [-0.4, -0.2) is 21.0 Å². The van der Waals surface area contributed by atoms with E-state index < -0.39 is 0 Å². The molecule has 0 fully saturated rings. The molecular formula is C15H12N4OS. The second-order valence-corrected chi connectivity index (χ2v) is 5.28. The Balaban J connectivity index is 2.13. The molecule has 0 spiro atoms. The van der Waals surface area contributed by atoms with Gasteiger partial charge in [-0.05, 0) is 40.7 Å². The molecule has 0 bridgehead atoms. The highest BCUT2D eigenvalue weighted by molar-refractivity contribution is 7.99. The number of benzene rings is 2. The van der Waals surface area contributed by atoms with Gasteiger partial charge in [0.05, 0.1) is 0 Å². The summed E-state index contributed by atoms with van der Waals surface area (Å²) >= 11 is 1.48. The number of aromatic nitrogens is 2. The summed E-state index contributed by atoms with van der Waals surface area (Å²) in [6.07, 6.45) is 3.42. The van der Waals surface area contributed by atoms with E-state index in [4.69, 9.17) is 10.9 Å². The Kier molecular flexibility index (Phi) is 3.70. The zero-order chi connectivity index (χ0) is 14.7. The quantitative estimate of drug-likeness (QED) is 0.255. The third-order valence-corrected chi connectivity index (χ3v) is 3.98. The molecule has 3 aromatic rings. The number of rotatable bonds is 3. The predicted octanol–water partition coefficient (Wildman–Crippen LogP) is 2.88. The zero-order valence-electron chi connectivity index (χ0n) is 11.0. The number of hydrogen-bond donors (Lipinski definition) is 2. The van der Waals surface area contributed by atoms with Crippen LogP contribution in [0.4, 0.5) is 0 Å². The maximum atomic E-state index is 8.89. The largest absolute Gasteiger partial charge is 0.409 e. The summed E-state index contributed by atoms with van der Waals surface area (Å²) in [5.41, 5.74) is 6.43. The van der Waals surface area contributed by atoms with Crippen molar-refractivity contribution >= 4 is 28.4 Å². The first-order valence-electron chi connectivity index (χ1n) is 6.24. The van der Waals surface area contributed by atoms with E-state index in [0.29, 0.717) is 10.7 Å². The number of nitrogens with zero attached hydrogens (tertiary/aromatic N) is 3. The Bertz CT molecular complexity index is 805. The molecule has 0 atom stereocenters. The van der Waals surface area contributed by atoms with Crippen LogP contribution in [-0.2, 0) is 0 Å². The smallest absolute Gasteiger partial charge is 0.192 e. The molecule has 2 aromatic carbocycles. The molecule has 0 saturated carbocycles. The van der Waals surface area contributed by atoms with Gasteiger partial charge in [-0.15, -0.1) is 0 Å². The van der Waals surface area contributed by atoms with Gasteiger partial charge in [0.15, 0.2) is 11.0 Å². The maximum absolute atomic E-state index is 8.89. The first-order chi connectivity index (χ1) is 10.3. The van der Waals surface area contributed by atoms with Crippen LogP contribution in [0, 0.1) is 0 Å². The fourth-order valence-electron chi connectivity index (χ4n) is 2.07. The molecule has 0 unspecified atom stereocenters. The molecule has 1 aromatic heterocycles. The summed E-state index contributed by atoms with van der Waals surface area (Å²) in [4.78, 5) is 9.46. The van der Waals surface area contributed by atoms with Gasteiger partial charge < -0.3 is 10.9 Å². The molecule has 0 amide bonds. The van der Waals surface area contributed by atoms with Gasteiger partial charge in [0.25, 0.3) is 0 Å². The SMILES string of the molecule is N/C(=N/O)c1ccc(Sc2ncccn2)c2ccccc12. The third kappa shape index (κ3) is 2.66. The lowest BCUT2D eigenvalue weighted by Gasteiger charge is -2.09. The molecule has 0 aliphatic carbocycles. The first kappa shape index (κ1) is 13.4. The van der Waals surface area contributed by atoms with E-state index in [9.17, 15) is 0 Å². The second-order valence-electron chi connectivity index (χ2n) is 4.28. The normalized spacial score (nSPS) is 11.7. The van der Waals surface area contributed by atoms with Crippen molar-refractivity contribution in [2.75, 3.05) is 0 Å². The van der Waals surface area contributed by atoms with Gasteiger partial charge in [-0.1, -0.05) is 29.4 Å². The summed E-state index contributed by atoms with van der Waals surface area (Å²) < 4.78 is 0. The minimum absolute atomic E-state index is 0.0960. The van der Waals surface area contributed by atoms with Crippen LogP contribution in [0.2, 0.25) is 0 Å². The highest BCUT2D eigenvalue weighted by Gasteiger charge is 2.10. The summed E-state index contributed by atoms with van der Waals surface area (Å²) in [5, 5.41) is 14.6. The topological polar surface area (TPSA) is 84.4 Å². The lowest BCUT2D eigenvalue weighted by atomic mass is 10.0. The van der Waals surface area contributed by atoms with Crippen LogP contribution >= 0.6 is 11.8 Å². The molecule has 3 N–H and O–H groups in total. The van der Waals surface area contributed by atoms with Crippen molar-refractivity contribution in [2.24, 2.45) is 10.9 Å². The molecule has 1 heterocycles. The van der Waals surface area contributed by atoms with E-state index in [1.165, 1.54) is 11.8 Å². The zero-order valence-corrected chi connectivity index (χ0v) is 11.8. The fourth-order valence-corrected chi connectivity index (χ4v) is 2.92. The molecule has 21 heavy (non-hydrogen) atoms. The van der Waals surface area contributed by atoms with Crippen LogP contribution in [0.5, 0.6) is 0 Å². The molecule has 6 heteroatoms. The van der Waals surface area contributed by atoms with Crippen LogP contribution in [0.25, 0.3) is 10.8 Å². The predicted molar refractivity (Wildman–Crippen MR) is 82.6 cm³/mol. The van der Waals surface area contributed by atoms with Crippen molar-refractivity contribution in [3.8, 4) is 0 Å². The average molecular weight is 296 g/mol. The van der Waals surface area contributed by atoms with Crippen molar-refractivity contribution in [3.05, 3.63) is 60.4 Å². The Labute approximate surface area is 125 Å².